The van der Waals surface area contributed by atoms with Gasteiger partial charge in [0, 0.05) is 25.0 Å². The number of carbonyl (C=O) groups excluding carboxylic acids is 1. The zero-order valence-corrected chi connectivity index (χ0v) is 12.5. The Labute approximate surface area is 132 Å². The van der Waals surface area contributed by atoms with Crippen LogP contribution in [-0.4, -0.2) is 31.9 Å². The van der Waals surface area contributed by atoms with Crippen LogP contribution in [0.1, 0.15) is 30.5 Å². The highest BCUT2D eigenvalue weighted by Crippen LogP contribution is 2.34. The van der Waals surface area contributed by atoms with Crippen molar-refractivity contribution in [2.75, 3.05) is 0 Å². The molecule has 6 nitrogen and oxygen atoms in total. The molecule has 118 valence electrons. The molecule has 1 aliphatic heterocycles. The van der Waals surface area contributed by atoms with Crippen molar-refractivity contribution in [3.8, 4) is 17.2 Å². The molecule has 6 heteroatoms. The second kappa shape index (κ2) is 5.64. The minimum atomic E-state index is -0.285. The van der Waals surface area contributed by atoms with Gasteiger partial charge in [-0.05, 0) is 29.8 Å². The van der Waals surface area contributed by atoms with E-state index in [1.807, 2.05) is 0 Å². The maximum atomic E-state index is 11.9. The van der Waals surface area contributed by atoms with Crippen LogP contribution in [0.25, 0.3) is 0 Å². The predicted octanol–water partition coefficient (Wildman–Crippen LogP) is 2.50. The van der Waals surface area contributed by atoms with E-state index in [4.69, 9.17) is 0 Å². The highest BCUT2D eigenvalue weighted by Gasteiger charge is 2.31. The van der Waals surface area contributed by atoms with Crippen LogP contribution in [-0.2, 0) is 4.79 Å². The van der Waals surface area contributed by atoms with E-state index in [0.717, 1.165) is 5.56 Å². The lowest BCUT2D eigenvalue weighted by molar-refractivity contribution is -0.130. The van der Waals surface area contributed by atoms with E-state index in [1.165, 1.54) is 30.1 Å². The first-order valence-corrected chi connectivity index (χ1v) is 7.13. The van der Waals surface area contributed by atoms with E-state index in [0.29, 0.717) is 17.7 Å². The van der Waals surface area contributed by atoms with E-state index in [9.17, 15) is 20.1 Å². The number of hydrogen-bond donors (Lipinski definition) is 3. The van der Waals surface area contributed by atoms with Gasteiger partial charge in [-0.2, -0.15) is 5.10 Å². The Morgan fingerprint density at radius 2 is 1.65 bits per heavy atom. The van der Waals surface area contributed by atoms with Gasteiger partial charge in [-0.3, -0.25) is 4.79 Å². The third-order valence-corrected chi connectivity index (χ3v) is 3.75. The Hall–Kier alpha value is -3.02. The van der Waals surface area contributed by atoms with Crippen molar-refractivity contribution in [2.24, 2.45) is 5.10 Å². The van der Waals surface area contributed by atoms with Gasteiger partial charge in [0.15, 0.2) is 0 Å². The highest BCUT2D eigenvalue weighted by molar-refractivity contribution is 6.03. The maximum Gasteiger partial charge on any atom is 0.240 e. The quantitative estimate of drug-likeness (QED) is 0.794. The fraction of sp³-hybridized carbons (Fsp3) is 0.176. The van der Waals surface area contributed by atoms with Crippen molar-refractivity contribution in [1.29, 1.82) is 0 Å². The molecule has 3 rings (SSSR count). The van der Waals surface area contributed by atoms with E-state index in [-0.39, 0.29) is 29.2 Å². The first-order valence-electron chi connectivity index (χ1n) is 7.13. The third-order valence-electron chi connectivity index (χ3n) is 3.75. The molecule has 0 spiro atoms. The minimum Gasteiger partial charge on any atom is -0.508 e. The molecule has 0 aromatic heterocycles. The van der Waals surface area contributed by atoms with E-state index in [1.54, 1.807) is 24.3 Å². The van der Waals surface area contributed by atoms with Crippen molar-refractivity contribution in [2.45, 2.75) is 19.4 Å². The summed E-state index contributed by atoms with van der Waals surface area (Å²) in [6.07, 6.45) is 0.452. The van der Waals surface area contributed by atoms with Crippen LogP contribution in [0.15, 0.2) is 47.6 Å². The first-order chi connectivity index (χ1) is 10.9. The van der Waals surface area contributed by atoms with Crippen LogP contribution < -0.4 is 0 Å². The molecule has 1 heterocycles. The number of amides is 1. The van der Waals surface area contributed by atoms with Gasteiger partial charge in [-0.15, -0.1) is 0 Å². The lowest BCUT2D eigenvalue weighted by atomic mass is 9.98. The summed E-state index contributed by atoms with van der Waals surface area (Å²) in [4.78, 5) is 11.9. The van der Waals surface area contributed by atoms with E-state index < -0.39 is 0 Å². The molecular weight excluding hydrogens is 296 g/mol. The van der Waals surface area contributed by atoms with Crippen LogP contribution in [0.4, 0.5) is 0 Å². The molecule has 1 atom stereocenters. The van der Waals surface area contributed by atoms with Gasteiger partial charge in [0.25, 0.3) is 0 Å². The van der Waals surface area contributed by atoms with Crippen LogP contribution in [0.5, 0.6) is 17.2 Å². The standard InChI is InChI=1S/C17H16N2O4/c1-10(20)19-17(11-2-4-13(21)5-3-11)9-16(18-19)12-6-14(22)8-15(23)7-12/h2-8,17,21-23H,9H2,1H3/t17-/m0/s1. The summed E-state index contributed by atoms with van der Waals surface area (Å²) in [5, 5.41) is 34.4. The molecule has 1 aliphatic rings. The highest BCUT2D eigenvalue weighted by atomic mass is 16.3. The molecule has 0 fully saturated rings. The van der Waals surface area contributed by atoms with E-state index >= 15 is 0 Å². The van der Waals surface area contributed by atoms with Crippen molar-refractivity contribution >= 4 is 11.6 Å². The average molecular weight is 312 g/mol. The lowest BCUT2D eigenvalue weighted by Gasteiger charge is -2.20. The normalized spacial score (nSPS) is 17.2. The molecule has 1 amide bonds. The molecule has 0 saturated carbocycles. The van der Waals surface area contributed by atoms with Crippen molar-refractivity contribution in [3.05, 3.63) is 53.6 Å². The number of aromatic hydroxyl groups is 3. The van der Waals surface area contributed by atoms with Crippen LogP contribution in [0, 0.1) is 0 Å². The molecule has 2 aromatic rings. The number of phenols is 3. The minimum absolute atomic E-state index is 0.0647. The molecule has 0 saturated heterocycles. The molecule has 3 N–H and O–H groups in total. The Morgan fingerprint density at radius 1 is 1.04 bits per heavy atom. The number of carbonyl (C=O) groups is 1. The van der Waals surface area contributed by atoms with Gasteiger partial charge in [0.05, 0.1) is 11.8 Å². The van der Waals surface area contributed by atoms with Gasteiger partial charge in [-0.25, -0.2) is 5.01 Å². The maximum absolute atomic E-state index is 11.9. The Bertz CT molecular complexity index is 763. The topological polar surface area (TPSA) is 93.4 Å². The number of hydrazone groups is 1. The van der Waals surface area contributed by atoms with Gasteiger partial charge in [0.1, 0.15) is 17.2 Å². The lowest BCUT2D eigenvalue weighted by Crippen LogP contribution is -2.24. The number of rotatable bonds is 2. The summed E-state index contributed by atoms with van der Waals surface area (Å²) in [5.74, 6) is -0.182. The number of nitrogens with zero attached hydrogens (tertiary/aromatic N) is 2. The van der Waals surface area contributed by atoms with Crippen LogP contribution >= 0.6 is 0 Å². The monoisotopic (exact) mass is 312 g/mol. The second-order valence-corrected chi connectivity index (χ2v) is 5.46. The average Bonchev–Trinajstić information content (AvgIpc) is 2.92. The smallest absolute Gasteiger partial charge is 0.240 e. The molecule has 0 radical (unpaired) electrons. The Kier molecular flexibility index (Phi) is 3.65. The Morgan fingerprint density at radius 3 is 2.22 bits per heavy atom. The summed E-state index contributed by atoms with van der Waals surface area (Å²) in [5.41, 5.74) is 2.01. The third kappa shape index (κ3) is 2.96. The van der Waals surface area contributed by atoms with E-state index in [2.05, 4.69) is 5.10 Å². The van der Waals surface area contributed by atoms with Crippen LogP contribution in [0.2, 0.25) is 0 Å². The first kappa shape index (κ1) is 14.9. The molecule has 0 unspecified atom stereocenters. The molecular formula is C17H16N2O4. The summed E-state index contributed by atoms with van der Waals surface area (Å²) in [6.45, 7) is 1.43. The summed E-state index contributed by atoms with van der Waals surface area (Å²) in [7, 11) is 0. The van der Waals surface area contributed by atoms with Gasteiger partial charge in [0.2, 0.25) is 5.91 Å². The zero-order valence-electron chi connectivity index (χ0n) is 12.5. The number of benzene rings is 2. The summed E-state index contributed by atoms with van der Waals surface area (Å²) >= 11 is 0. The number of hydrogen-bond acceptors (Lipinski definition) is 5. The van der Waals surface area contributed by atoms with Crippen LogP contribution in [0.3, 0.4) is 0 Å². The number of phenolic OH excluding ortho intramolecular Hbond substituents is 3. The fourth-order valence-corrected chi connectivity index (χ4v) is 2.69. The molecule has 0 bridgehead atoms. The predicted molar refractivity (Wildman–Crippen MR) is 84.3 cm³/mol. The molecule has 0 aliphatic carbocycles. The molecule has 23 heavy (non-hydrogen) atoms. The molecule has 2 aromatic carbocycles. The Balaban J connectivity index is 1.96. The van der Waals surface area contributed by atoms with Gasteiger partial charge in [-0.1, -0.05) is 12.1 Å². The van der Waals surface area contributed by atoms with Crippen molar-refractivity contribution < 1.29 is 20.1 Å². The van der Waals surface area contributed by atoms with Crippen molar-refractivity contribution in [1.82, 2.24) is 5.01 Å². The second-order valence-electron chi connectivity index (χ2n) is 5.46. The van der Waals surface area contributed by atoms with Gasteiger partial charge < -0.3 is 15.3 Å². The summed E-state index contributed by atoms with van der Waals surface area (Å²) in [6, 6.07) is 10.6. The SMILES string of the molecule is CC(=O)N1N=C(c2cc(O)cc(O)c2)C[C@H]1c1ccc(O)cc1. The summed E-state index contributed by atoms with van der Waals surface area (Å²) < 4.78 is 0. The fourth-order valence-electron chi connectivity index (χ4n) is 2.69. The zero-order chi connectivity index (χ0) is 16.6. The van der Waals surface area contributed by atoms with Gasteiger partial charge >= 0.3 is 0 Å². The van der Waals surface area contributed by atoms with Crippen molar-refractivity contribution in [3.63, 3.8) is 0 Å². The largest absolute Gasteiger partial charge is 0.508 e.